The van der Waals surface area contributed by atoms with Crippen molar-refractivity contribution < 1.29 is 24.5 Å². The van der Waals surface area contributed by atoms with E-state index in [0.29, 0.717) is 0 Å². The molecule has 0 aliphatic carbocycles. The summed E-state index contributed by atoms with van der Waals surface area (Å²) in [4.78, 5) is 8.97. The molecule has 3 aromatic heterocycles. The molecule has 1 radical (unpaired) electrons. The van der Waals surface area contributed by atoms with Gasteiger partial charge >= 0.3 is 0 Å². The number of aryl methyl sites for hydroxylation is 3. The normalized spacial score (nSPS) is 11.2. The quantitative estimate of drug-likeness (QED) is 0.135. The first-order chi connectivity index (χ1) is 18.8. The SMILES string of the molecule is CCc1cc(-c2[c-]cc([Si](C)(C)C)c3c2oc2ccccc23)ncc1C.Cc1ccnc(-c2[c-]cccc2)c1.[Ir]. The first-order valence-electron chi connectivity index (χ1n) is 13.5. The third-order valence-corrected chi connectivity index (χ3v) is 9.02. The molecule has 0 saturated heterocycles. The molecule has 0 aliphatic heterocycles. The number of hydrogen-bond acceptors (Lipinski definition) is 3. The van der Waals surface area contributed by atoms with Gasteiger partial charge in [-0.3, -0.25) is 0 Å². The van der Waals surface area contributed by atoms with Gasteiger partial charge in [0.05, 0.1) is 5.58 Å². The maximum Gasteiger partial charge on any atom is 0.120 e. The summed E-state index contributed by atoms with van der Waals surface area (Å²) in [6, 6.07) is 31.3. The van der Waals surface area contributed by atoms with E-state index in [4.69, 9.17) is 4.42 Å². The maximum atomic E-state index is 6.33. The molecule has 0 atom stereocenters. The van der Waals surface area contributed by atoms with Crippen LogP contribution in [-0.4, -0.2) is 18.0 Å². The van der Waals surface area contributed by atoms with Crippen LogP contribution in [0.4, 0.5) is 0 Å². The van der Waals surface area contributed by atoms with Crippen LogP contribution in [0.3, 0.4) is 0 Å². The number of para-hydroxylation sites is 1. The van der Waals surface area contributed by atoms with Crippen LogP contribution in [-0.2, 0) is 26.5 Å². The van der Waals surface area contributed by atoms with Crippen molar-refractivity contribution in [3.8, 4) is 22.5 Å². The van der Waals surface area contributed by atoms with Gasteiger partial charge < -0.3 is 14.4 Å². The molecule has 6 rings (SSSR count). The molecular formula is C35H34IrN2OSi-2. The number of benzene rings is 3. The van der Waals surface area contributed by atoms with Crippen LogP contribution in [0.5, 0.6) is 0 Å². The minimum Gasteiger partial charge on any atom is -0.501 e. The summed E-state index contributed by atoms with van der Waals surface area (Å²) < 4.78 is 6.33. The zero-order valence-corrected chi connectivity index (χ0v) is 27.3. The Morgan fingerprint density at radius 2 is 1.65 bits per heavy atom. The summed E-state index contributed by atoms with van der Waals surface area (Å²) in [5, 5.41) is 3.83. The molecule has 0 unspecified atom stereocenters. The average Bonchev–Trinajstić information content (AvgIpc) is 3.33. The van der Waals surface area contributed by atoms with Crippen molar-refractivity contribution in [3.63, 3.8) is 0 Å². The van der Waals surface area contributed by atoms with Gasteiger partial charge in [0.1, 0.15) is 5.58 Å². The van der Waals surface area contributed by atoms with Gasteiger partial charge in [-0.15, -0.1) is 53.2 Å². The van der Waals surface area contributed by atoms with Gasteiger partial charge in [-0.05, 0) is 49.4 Å². The number of hydrogen-bond donors (Lipinski definition) is 0. The Labute approximate surface area is 252 Å². The van der Waals surface area contributed by atoms with Gasteiger partial charge in [0.2, 0.25) is 0 Å². The van der Waals surface area contributed by atoms with Crippen LogP contribution in [0, 0.1) is 26.0 Å². The van der Waals surface area contributed by atoms with Gasteiger partial charge in [-0.25, -0.2) is 0 Å². The summed E-state index contributed by atoms with van der Waals surface area (Å²) in [7, 11) is -1.54. The molecule has 6 aromatic rings. The van der Waals surface area contributed by atoms with Gasteiger partial charge in [0.25, 0.3) is 0 Å². The number of pyridine rings is 2. The largest absolute Gasteiger partial charge is 0.501 e. The third-order valence-electron chi connectivity index (χ3n) is 7.01. The molecule has 3 aromatic carbocycles. The Hall–Kier alpha value is -3.37. The fourth-order valence-corrected chi connectivity index (χ4v) is 6.38. The number of nitrogens with zero attached hydrogens (tertiary/aromatic N) is 2. The van der Waals surface area contributed by atoms with E-state index in [1.54, 1.807) is 0 Å². The molecule has 0 saturated carbocycles. The molecule has 0 bridgehead atoms. The van der Waals surface area contributed by atoms with E-state index in [2.05, 4.69) is 92.8 Å². The van der Waals surface area contributed by atoms with E-state index >= 15 is 0 Å². The monoisotopic (exact) mass is 719 g/mol. The molecule has 0 amide bonds. The second-order valence-electron chi connectivity index (χ2n) is 11.0. The fourth-order valence-electron chi connectivity index (χ4n) is 4.87. The molecule has 40 heavy (non-hydrogen) atoms. The molecular weight excluding hydrogens is 685 g/mol. The van der Waals surface area contributed by atoms with Crippen molar-refractivity contribution in [2.45, 2.75) is 46.8 Å². The maximum absolute atomic E-state index is 6.33. The van der Waals surface area contributed by atoms with Gasteiger partial charge in [0, 0.05) is 46.0 Å². The van der Waals surface area contributed by atoms with Crippen molar-refractivity contribution in [1.82, 2.24) is 9.97 Å². The smallest absolute Gasteiger partial charge is 0.120 e. The molecule has 3 heterocycles. The number of aromatic nitrogens is 2. The zero-order chi connectivity index (χ0) is 27.6. The van der Waals surface area contributed by atoms with Crippen LogP contribution >= 0.6 is 0 Å². The van der Waals surface area contributed by atoms with E-state index in [9.17, 15) is 0 Å². The topological polar surface area (TPSA) is 38.9 Å². The minimum absolute atomic E-state index is 0. The summed E-state index contributed by atoms with van der Waals surface area (Å²) in [5.74, 6) is 0. The molecule has 3 nitrogen and oxygen atoms in total. The molecule has 0 spiro atoms. The van der Waals surface area contributed by atoms with Crippen LogP contribution < -0.4 is 5.19 Å². The van der Waals surface area contributed by atoms with E-state index < -0.39 is 8.07 Å². The Kier molecular flexibility index (Phi) is 9.20. The third kappa shape index (κ3) is 6.18. The van der Waals surface area contributed by atoms with Crippen molar-refractivity contribution in [2.75, 3.05) is 0 Å². The summed E-state index contributed by atoms with van der Waals surface area (Å²) in [6.07, 6.45) is 4.78. The molecule has 205 valence electrons. The summed E-state index contributed by atoms with van der Waals surface area (Å²) in [5.41, 5.74) is 9.58. The predicted octanol–water partition coefficient (Wildman–Crippen LogP) is 8.72. The Bertz CT molecular complexity index is 1750. The Balaban J connectivity index is 0.000000223. The van der Waals surface area contributed by atoms with E-state index in [-0.39, 0.29) is 20.1 Å². The van der Waals surface area contributed by atoms with Crippen molar-refractivity contribution >= 4 is 35.2 Å². The fraction of sp³-hybridized carbons (Fsp3) is 0.200. The van der Waals surface area contributed by atoms with E-state index in [1.807, 2.05) is 54.9 Å². The van der Waals surface area contributed by atoms with E-state index in [0.717, 1.165) is 40.1 Å². The number of rotatable bonds is 4. The second kappa shape index (κ2) is 12.4. The van der Waals surface area contributed by atoms with E-state index in [1.165, 1.54) is 32.6 Å². The molecule has 5 heteroatoms. The zero-order valence-electron chi connectivity index (χ0n) is 23.9. The first-order valence-corrected chi connectivity index (χ1v) is 17.0. The first kappa shape index (κ1) is 29.6. The Morgan fingerprint density at radius 3 is 2.35 bits per heavy atom. The number of furan rings is 1. The Morgan fingerprint density at radius 1 is 0.875 bits per heavy atom. The molecule has 0 aliphatic rings. The van der Waals surface area contributed by atoms with Crippen LogP contribution in [0.1, 0.15) is 23.6 Å². The van der Waals surface area contributed by atoms with Crippen LogP contribution in [0.25, 0.3) is 44.5 Å². The van der Waals surface area contributed by atoms with Gasteiger partial charge in [-0.2, -0.15) is 0 Å². The summed E-state index contributed by atoms with van der Waals surface area (Å²) >= 11 is 0. The van der Waals surface area contributed by atoms with Crippen LogP contribution in [0.15, 0.2) is 89.6 Å². The summed E-state index contributed by atoms with van der Waals surface area (Å²) in [6.45, 7) is 13.5. The number of fused-ring (bicyclic) bond motifs is 3. The molecule has 0 fully saturated rings. The van der Waals surface area contributed by atoms with Gasteiger partial charge in [0.15, 0.2) is 0 Å². The van der Waals surface area contributed by atoms with Crippen molar-refractivity contribution in [2.24, 2.45) is 0 Å². The van der Waals surface area contributed by atoms with Crippen molar-refractivity contribution in [1.29, 1.82) is 0 Å². The standard InChI is InChI=1S/C23H24NOSi.C12H10N.Ir/c1-6-16-13-19(24-14-15(16)2)17-11-12-21(26(3,4)5)22-18-9-7-8-10-20(18)25-23(17)22;1-10-7-8-13-12(9-10)11-5-3-2-4-6-11;/h7-10,12-14H,6H2,1-5H3;2-5,7-9H,1H3;/q2*-1;. The van der Waals surface area contributed by atoms with Gasteiger partial charge in [-0.1, -0.05) is 79.0 Å². The van der Waals surface area contributed by atoms with Crippen molar-refractivity contribution in [3.05, 3.63) is 114 Å². The average molecular weight is 719 g/mol. The second-order valence-corrected chi connectivity index (χ2v) is 16.0. The predicted molar refractivity (Wildman–Crippen MR) is 166 cm³/mol. The minimum atomic E-state index is -1.54. The van der Waals surface area contributed by atoms with Crippen LogP contribution in [0.2, 0.25) is 19.6 Å². The molecule has 0 N–H and O–H groups in total.